The second-order valence-corrected chi connectivity index (χ2v) is 3.60. The lowest BCUT2D eigenvalue weighted by Crippen LogP contribution is -2.13. The lowest BCUT2D eigenvalue weighted by atomic mass is 10.1. The SMILES string of the molecule is COc1cc(CNCc2ncon2)ccc1C#N. The molecule has 6 heteroatoms. The zero-order chi connectivity index (χ0) is 12.8. The van der Waals surface area contributed by atoms with Gasteiger partial charge in [0.25, 0.3) is 0 Å². The third kappa shape index (κ3) is 2.84. The fourth-order valence-electron chi connectivity index (χ4n) is 1.53. The molecule has 0 aliphatic heterocycles. The predicted octanol–water partition coefficient (Wildman–Crippen LogP) is 1.24. The van der Waals surface area contributed by atoms with E-state index in [2.05, 4.69) is 26.0 Å². The third-order valence-corrected chi connectivity index (χ3v) is 2.41. The van der Waals surface area contributed by atoms with E-state index in [9.17, 15) is 0 Å². The van der Waals surface area contributed by atoms with Crippen LogP contribution in [0.4, 0.5) is 0 Å². The first kappa shape index (κ1) is 12.1. The van der Waals surface area contributed by atoms with Gasteiger partial charge < -0.3 is 14.6 Å². The summed E-state index contributed by atoms with van der Waals surface area (Å²) in [6.07, 6.45) is 1.29. The van der Waals surface area contributed by atoms with Crippen molar-refractivity contribution in [2.24, 2.45) is 0 Å². The van der Waals surface area contributed by atoms with Gasteiger partial charge in [-0.05, 0) is 17.7 Å². The summed E-state index contributed by atoms with van der Waals surface area (Å²) in [7, 11) is 1.55. The van der Waals surface area contributed by atoms with Crippen molar-refractivity contribution in [2.45, 2.75) is 13.1 Å². The molecule has 0 radical (unpaired) electrons. The Labute approximate surface area is 104 Å². The Bertz CT molecular complexity index is 546. The minimum atomic E-state index is 0.527. The summed E-state index contributed by atoms with van der Waals surface area (Å²) in [6.45, 7) is 1.16. The Balaban J connectivity index is 1.95. The van der Waals surface area contributed by atoms with E-state index < -0.39 is 0 Å². The van der Waals surface area contributed by atoms with E-state index in [-0.39, 0.29) is 0 Å². The normalized spacial score (nSPS) is 10.0. The first-order valence-corrected chi connectivity index (χ1v) is 5.36. The maximum atomic E-state index is 8.87. The smallest absolute Gasteiger partial charge is 0.213 e. The van der Waals surface area contributed by atoms with Crippen molar-refractivity contribution in [1.29, 1.82) is 5.26 Å². The molecule has 2 aromatic rings. The molecule has 0 fully saturated rings. The van der Waals surface area contributed by atoms with Crippen LogP contribution in [0.1, 0.15) is 17.0 Å². The number of aromatic nitrogens is 2. The lowest BCUT2D eigenvalue weighted by molar-refractivity contribution is 0.406. The van der Waals surface area contributed by atoms with Crippen LogP contribution >= 0.6 is 0 Å². The van der Waals surface area contributed by atoms with Crippen LogP contribution in [-0.4, -0.2) is 17.3 Å². The van der Waals surface area contributed by atoms with E-state index >= 15 is 0 Å². The van der Waals surface area contributed by atoms with E-state index in [0.717, 1.165) is 5.56 Å². The Morgan fingerprint density at radius 2 is 2.33 bits per heavy atom. The molecule has 0 bridgehead atoms. The van der Waals surface area contributed by atoms with Crippen molar-refractivity contribution in [3.8, 4) is 11.8 Å². The molecule has 1 aromatic heterocycles. The summed E-state index contributed by atoms with van der Waals surface area (Å²) < 4.78 is 9.77. The maximum absolute atomic E-state index is 8.87. The average Bonchev–Trinajstić information content (AvgIpc) is 2.91. The van der Waals surface area contributed by atoms with Gasteiger partial charge in [-0.15, -0.1) is 0 Å². The minimum absolute atomic E-state index is 0.527. The number of hydrogen-bond acceptors (Lipinski definition) is 6. The van der Waals surface area contributed by atoms with E-state index in [1.54, 1.807) is 13.2 Å². The number of nitriles is 1. The quantitative estimate of drug-likeness (QED) is 0.851. The first-order valence-electron chi connectivity index (χ1n) is 5.36. The van der Waals surface area contributed by atoms with Gasteiger partial charge in [0.15, 0.2) is 5.82 Å². The van der Waals surface area contributed by atoms with E-state index in [4.69, 9.17) is 10.00 Å². The van der Waals surface area contributed by atoms with Crippen LogP contribution in [0.3, 0.4) is 0 Å². The molecule has 0 aliphatic rings. The molecular formula is C12H12N4O2. The Morgan fingerprint density at radius 1 is 1.44 bits per heavy atom. The molecular weight excluding hydrogens is 232 g/mol. The van der Waals surface area contributed by atoms with Crippen molar-refractivity contribution in [1.82, 2.24) is 15.5 Å². The van der Waals surface area contributed by atoms with Crippen molar-refractivity contribution < 1.29 is 9.26 Å². The number of benzene rings is 1. The van der Waals surface area contributed by atoms with Crippen molar-refractivity contribution in [3.05, 3.63) is 41.5 Å². The lowest BCUT2D eigenvalue weighted by Gasteiger charge is -2.06. The monoisotopic (exact) mass is 244 g/mol. The highest BCUT2D eigenvalue weighted by atomic mass is 16.5. The molecule has 0 spiro atoms. The van der Waals surface area contributed by atoms with Gasteiger partial charge in [0, 0.05) is 6.54 Å². The van der Waals surface area contributed by atoms with Crippen LogP contribution in [0.15, 0.2) is 29.1 Å². The van der Waals surface area contributed by atoms with Gasteiger partial charge in [0.05, 0.1) is 19.2 Å². The van der Waals surface area contributed by atoms with Gasteiger partial charge in [-0.3, -0.25) is 0 Å². The van der Waals surface area contributed by atoms with E-state index in [0.29, 0.717) is 30.2 Å². The molecule has 0 atom stereocenters. The van der Waals surface area contributed by atoms with Crippen LogP contribution in [-0.2, 0) is 13.1 Å². The summed E-state index contributed by atoms with van der Waals surface area (Å²) in [5.41, 5.74) is 1.55. The molecule has 0 amide bonds. The van der Waals surface area contributed by atoms with Gasteiger partial charge in [0.2, 0.25) is 6.39 Å². The Morgan fingerprint density at radius 3 is 3.00 bits per heavy atom. The van der Waals surface area contributed by atoms with Crippen LogP contribution in [0, 0.1) is 11.3 Å². The second kappa shape index (κ2) is 5.80. The molecule has 18 heavy (non-hydrogen) atoms. The van der Waals surface area contributed by atoms with Crippen LogP contribution < -0.4 is 10.1 Å². The molecule has 92 valence electrons. The standard InChI is InChI=1S/C12H12N4O2/c1-17-11-4-9(2-3-10(11)5-13)6-14-7-12-15-8-18-16-12/h2-4,8,14H,6-7H2,1H3. The molecule has 1 N–H and O–H groups in total. The van der Waals surface area contributed by atoms with E-state index in [1.165, 1.54) is 6.39 Å². The highest BCUT2D eigenvalue weighted by Crippen LogP contribution is 2.19. The highest BCUT2D eigenvalue weighted by molar-refractivity contribution is 5.45. The second-order valence-electron chi connectivity index (χ2n) is 3.60. The molecule has 1 aromatic carbocycles. The minimum Gasteiger partial charge on any atom is -0.495 e. The Hall–Kier alpha value is -2.39. The number of ether oxygens (including phenoxy) is 1. The van der Waals surface area contributed by atoms with Gasteiger partial charge in [-0.1, -0.05) is 11.2 Å². The average molecular weight is 244 g/mol. The number of nitrogens with one attached hydrogen (secondary N) is 1. The predicted molar refractivity (Wildman–Crippen MR) is 62.6 cm³/mol. The number of hydrogen-bond donors (Lipinski definition) is 1. The van der Waals surface area contributed by atoms with Crippen LogP contribution in [0.25, 0.3) is 0 Å². The molecule has 0 saturated carbocycles. The van der Waals surface area contributed by atoms with Gasteiger partial charge in [-0.25, -0.2) is 0 Å². The highest BCUT2D eigenvalue weighted by Gasteiger charge is 2.04. The number of methoxy groups -OCH3 is 1. The van der Waals surface area contributed by atoms with Crippen LogP contribution in [0.5, 0.6) is 5.75 Å². The summed E-state index contributed by atoms with van der Waals surface area (Å²) >= 11 is 0. The summed E-state index contributed by atoms with van der Waals surface area (Å²) in [4.78, 5) is 3.90. The molecule has 2 rings (SSSR count). The topological polar surface area (TPSA) is 84.0 Å². The Kier molecular flexibility index (Phi) is 3.89. The summed E-state index contributed by atoms with van der Waals surface area (Å²) in [6, 6.07) is 7.53. The number of nitrogens with zero attached hydrogens (tertiary/aromatic N) is 3. The summed E-state index contributed by atoms with van der Waals surface area (Å²) in [5, 5.41) is 15.7. The van der Waals surface area contributed by atoms with Crippen molar-refractivity contribution >= 4 is 0 Å². The number of rotatable bonds is 5. The first-order chi connectivity index (χ1) is 8.83. The zero-order valence-corrected chi connectivity index (χ0v) is 9.88. The van der Waals surface area contributed by atoms with Crippen LogP contribution in [0.2, 0.25) is 0 Å². The molecule has 0 unspecified atom stereocenters. The van der Waals surface area contributed by atoms with E-state index in [1.807, 2.05) is 12.1 Å². The van der Waals surface area contributed by atoms with Crippen molar-refractivity contribution in [3.63, 3.8) is 0 Å². The molecule has 1 heterocycles. The van der Waals surface area contributed by atoms with Gasteiger partial charge in [0.1, 0.15) is 11.8 Å². The van der Waals surface area contributed by atoms with Gasteiger partial charge in [-0.2, -0.15) is 10.2 Å². The third-order valence-electron chi connectivity index (χ3n) is 2.41. The molecule has 6 nitrogen and oxygen atoms in total. The molecule has 0 saturated heterocycles. The fourth-order valence-corrected chi connectivity index (χ4v) is 1.53. The zero-order valence-electron chi connectivity index (χ0n) is 9.88. The molecule has 0 aliphatic carbocycles. The summed E-state index contributed by atoms with van der Waals surface area (Å²) in [5.74, 6) is 1.19. The fraction of sp³-hybridized carbons (Fsp3) is 0.250. The van der Waals surface area contributed by atoms with Crippen molar-refractivity contribution in [2.75, 3.05) is 7.11 Å². The maximum Gasteiger partial charge on any atom is 0.213 e. The van der Waals surface area contributed by atoms with Gasteiger partial charge >= 0.3 is 0 Å². The largest absolute Gasteiger partial charge is 0.495 e.